The van der Waals surface area contributed by atoms with Gasteiger partial charge in [0, 0.05) is 0 Å². The van der Waals surface area contributed by atoms with Crippen LogP contribution >= 0.6 is 0 Å². The summed E-state index contributed by atoms with van der Waals surface area (Å²) in [5.74, 6) is -1.05. The van der Waals surface area contributed by atoms with Crippen LogP contribution in [0.4, 0.5) is 14.5 Å². The van der Waals surface area contributed by atoms with Gasteiger partial charge in [-0.05, 0) is 39.0 Å². The lowest BCUT2D eigenvalue weighted by molar-refractivity contribution is 0.0648. The van der Waals surface area contributed by atoms with Crippen molar-refractivity contribution in [1.29, 1.82) is 0 Å². The van der Waals surface area contributed by atoms with Crippen molar-refractivity contribution in [3.63, 3.8) is 0 Å². The summed E-state index contributed by atoms with van der Waals surface area (Å²) in [4.78, 5) is 0. The van der Waals surface area contributed by atoms with E-state index in [-0.39, 0.29) is 11.7 Å². The molecular formula is C11H15F2NO. The van der Waals surface area contributed by atoms with Crippen molar-refractivity contribution in [2.45, 2.75) is 32.4 Å². The second-order valence-electron chi connectivity index (χ2n) is 4.14. The van der Waals surface area contributed by atoms with Gasteiger partial charge in [0.05, 0.1) is 17.3 Å². The van der Waals surface area contributed by atoms with Crippen molar-refractivity contribution in [2.75, 3.05) is 5.32 Å². The summed E-state index contributed by atoms with van der Waals surface area (Å²) in [5.41, 5.74) is -0.941. The molecule has 0 radical (unpaired) electrons. The molecule has 1 aromatic carbocycles. The van der Waals surface area contributed by atoms with E-state index >= 15 is 0 Å². The number of hydrogen-bond acceptors (Lipinski definition) is 2. The highest BCUT2D eigenvalue weighted by atomic mass is 19.1. The fourth-order valence-electron chi connectivity index (χ4n) is 1.02. The van der Waals surface area contributed by atoms with Gasteiger partial charge in [0.25, 0.3) is 0 Å². The molecule has 0 aromatic heterocycles. The molecule has 4 heteroatoms. The summed E-state index contributed by atoms with van der Waals surface area (Å²) in [6.45, 7) is 4.90. The zero-order valence-corrected chi connectivity index (χ0v) is 9.01. The molecule has 1 aromatic rings. The zero-order chi connectivity index (χ0) is 11.6. The van der Waals surface area contributed by atoms with Crippen LogP contribution in [0.25, 0.3) is 0 Å². The Morgan fingerprint density at radius 1 is 1.33 bits per heavy atom. The highest BCUT2D eigenvalue weighted by molar-refractivity contribution is 5.46. The molecule has 0 aliphatic heterocycles. The number of anilines is 1. The Hall–Kier alpha value is -1.16. The molecule has 15 heavy (non-hydrogen) atoms. The van der Waals surface area contributed by atoms with Gasteiger partial charge in [-0.3, -0.25) is 0 Å². The average molecular weight is 215 g/mol. The van der Waals surface area contributed by atoms with E-state index in [4.69, 9.17) is 0 Å². The van der Waals surface area contributed by atoms with Gasteiger partial charge in [-0.15, -0.1) is 0 Å². The van der Waals surface area contributed by atoms with Crippen LogP contribution in [0.3, 0.4) is 0 Å². The first-order valence-electron chi connectivity index (χ1n) is 4.74. The van der Waals surface area contributed by atoms with E-state index in [1.165, 1.54) is 0 Å². The minimum absolute atomic E-state index is 0.0598. The van der Waals surface area contributed by atoms with Crippen molar-refractivity contribution in [1.82, 2.24) is 0 Å². The third kappa shape index (κ3) is 3.16. The first-order valence-corrected chi connectivity index (χ1v) is 4.74. The molecule has 0 fully saturated rings. The predicted molar refractivity (Wildman–Crippen MR) is 55.7 cm³/mol. The Labute approximate surface area is 87.9 Å². The van der Waals surface area contributed by atoms with E-state index in [1.54, 1.807) is 20.8 Å². The van der Waals surface area contributed by atoms with Gasteiger partial charge >= 0.3 is 0 Å². The minimum Gasteiger partial charge on any atom is -0.388 e. The molecule has 0 heterocycles. The van der Waals surface area contributed by atoms with Gasteiger partial charge in [-0.1, -0.05) is 0 Å². The van der Waals surface area contributed by atoms with Crippen LogP contribution < -0.4 is 5.32 Å². The molecule has 0 saturated heterocycles. The standard InChI is InChI=1S/C11H15F2NO/c1-7(11(2,3)15)14-10-6-8(12)4-5-9(10)13/h4-7,14-15H,1-3H3. The van der Waals surface area contributed by atoms with Crippen molar-refractivity contribution >= 4 is 5.69 Å². The van der Waals surface area contributed by atoms with Crippen LogP contribution in [0.5, 0.6) is 0 Å². The topological polar surface area (TPSA) is 32.3 Å². The Kier molecular flexibility index (Phi) is 3.29. The summed E-state index contributed by atoms with van der Waals surface area (Å²) >= 11 is 0. The molecule has 0 spiro atoms. The van der Waals surface area contributed by atoms with Crippen LogP contribution in [0.2, 0.25) is 0 Å². The maximum Gasteiger partial charge on any atom is 0.146 e. The summed E-state index contributed by atoms with van der Waals surface area (Å²) in [7, 11) is 0. The summed E-state index contributed by atoms with van der Waals surface area (Å²) in [5, 5.41) is 12.4. The Morgan fingerprint density at radius 3 is 2.47 bits per heavy atom. The molecule has 1 unspecified atom stereocenters. The third-order valence-corrected chi connectivity index (χ3v) is 2.36. The van der Waals surface area contributed by atoms with Crippen LogP contribution in [0.15, 0.2) is 18.2 Å². The van der Waals surface area contributed by atoms with E-state index in [9.17, 15) is 13.9 Å². The second-order valence-corrected chi connectivity index (χ2v) is 4.14. The van der Waals surface area contributed by atoms with Crippen molar-refractivity contribution in [3.05, 3.63) is 29.8 Å². The van der Waals surface area contributed by atoms with E-state index in [0.717, 1.165) is 18.2 Å². The zero-order valence-electron chi connectivity index (χ0n) is 9.01. The molecule has 1 rings (SSSR count). The lowest BCUT2D eigenvalue weighted by atomic mass is 10.0. The van der Waals surface area contributed by atoms with E-state index < -0.39 is 17.2 Å². The lowest BCUT2D eigenvalue weighted by Gasteiger charge is -2.27. The number of hydrogen-bond donors (Lipinski definition) is 2. The quantitative estimate of drug-likeness (QED) is 0.812. The second kappa shape index (κ2) is 4.14. The van der Waals surface area contributed by atoms with E-state index in [1.807, 2.05) is 0 Å². The normalized spacial score (nSPS) is 13.7. The van der Waals surface area contributed by atoms with Crippen LogP contribution in [-0.4, -0.2) is 16.7 Å². The smallest absolute Gasteiger partial charge is 0.146 e. The SMILES string of the molecule is CC(Nc1cc(F)ccc1F)C(C)(C)O. The molecule has 2 N–H and O–H groups in total. The number of benzene rings is 1. The maximum absolute atomic E-state index is 13.2. The molecule has 0 aliphatic rings. The number of aliphatic hydroxyl groups is 1. The fourth-order valence-corrected chi connectivity index (χ4v) is 1.02. The van der Waals surface area contributed by atoms with Gasteiger partial charge in [0.1, 0.15) is 11.6 Å². The van der Waals surface area contributed by atoms with Gasteiger partial charge in [0.15, 0.2) is 0 Å². The summed E-state index contributed by atoms with van der Waals surface area (Å²) in [6, 6.07) is 2.79. The summed E-state index contributed by atoms with van der Waals surface area (Å²) in [6.07, 6.45) is 0. The van der Waals surface area contributed by atoms with E-state index in [0.29, 0.717) is 0 Å². The van der Waals surface area contributed by atoms with Gasteiger partial charge in [-0.25, -0.2) is 8.78 Å². The molecule has 84 valence electrons. The Balaban J connectivity index is 2.85. The number of nitrogens with one attached hydrogen (secondary N) is 1. The van der Waals surface area contributed by atoms with Gasteiger partial charge < -0.3 is 10.4 Å². The fraction of sp³-hybridized carbons (Fsp3) is 0.455. The van der Waals surface area contributed by atoms with Crippen molar-refractivity contribution in [3.8, 4) is 0 Å². The summed E-state index contributed by atoms with van der Waals surface area (Å²) < 4.78 is 26.0. The third-order valence-electron chi connectivity index (χ3n) is 2.36. The van der Waals surface area contributed by atoms with E-state index in [2.05, 4.69) is 5.32 Å². The highest BCUT2D eigenvalue weighted by Gasteiger charge is 2.22. The number of rotatable bonds is 3. The van der Waals surface area contributed by atoms with Crippen molar-refractivity contribution in [2.24, 2.45) is 0 Å². The number of halogens is 2. The first-order chi connectivity index (χ1) is 6.80. The molecule has 1 atom stereocenters. The molecule has 2 nitrogen and oxygen atoms in total. The molecular weight excluding hydrogens is 200 g/mol. The average Bonchev–Trinajstić information content (AvgIpc) is 2.09. The van der Waals surface area contributed by atoms with Crippen LogP contribution in [-0.2, 0) is 0 Å². The molecule has 0 bridgehead atoms. The van der Waals surface area contributed by atoms with Gasteiger partial charge in [0.2, 0.25) is 0 Å². The highest BCUT2D eigenvalue weighted by Crippen LogP contribution is 2.19. The first kappa shape index (κ1) is 11.9. The molecule has 0 saturated carbocycles. The lowest BCUT2D eigenvalue weighted by Crippen LogP contribution is -2.39. The minimum atomic E-state index is -1.00. The monoisotopic (exact) mass is 215 g/mol. The predicted octanol–water partition coefficient (Wildman–Crippen LogP) is 2.54. The largest absolute Gasteiger partial charge is 0.388 e. The maximum atomic E-state index is 13.2. The van der Waals surface area contributed by atoms with Crippen LogP contribution in [0, 0.1) is 11.6 Å². The van der Waals surface area contributed by atoms with Crippen LogP contribution in [0.1, 0.15) is 20.8 Å². The van der Waals surface area contributed by atoms with Gasteiger partial charge in [-0.2, -0.15) is 0 Å². The molecule has 0 aliphatic carbocycles. The Bertz CT molecular complexity index is 347. The Morgan fingerprint density at radius 2 is 1.93 bits per heavy atom. The van der Waals surface area contributed by atoms with Crippen molar-refractivity contribution < 1.29 is 13.9 Å². The molecule has 0 amide bonds.